The Hall–Kier alpha value is -3.84. The van der Waals surface area contributed by atoms with Crippen molar-refractivity contribution in [1.82, 2.24) is 0 Å². The third-order valence-electron chi connectivity index (χ3n) is 7.70. The highest BCUT2D eigenvalue weighted by Crippen LogP contribution is 2.50. The molecule has 0 saturated heterocycles. The summed E-state index contributed by atoms with van der Waals surface area (Å²) in [6.07, 6.45) is 0. The zero-order valence-corrected chi connectivity index (χ0v) is 21.8. The van der Waals surface area contributed by atoms with E-state index >= 15 is 0 Å². The number of fused-ring (bicyclic) bond motifs is 4. The Morgan fingerprint density at radius 3 is 2.03 bits per heavy atom. The third kappa shape index (κ3) is 3.54. The van der Waals surface area contributed by atoms with Crippen LogP contribution in [-0.4, -0.2) is 5.54 Å². The van der Waals surface area contributed by atoms with E-state index in [9.17, 15) is 0 Å². The van der Waals surface area contributed by atoms with Crippen LogP contribution in [0.1, 0.15) is 45.7 Å². The van der Waals surface area contributed by atoms with E-state index in [1.807, 2.05) is 0 Å². The van der Waals surface area contributed by atoms with Crippen LogP contribution in [0.4, 0.5) is 11.4 Å². The Morgan fingerprint density at radius 2 is 1.19 bits per heavy atom. The molecule has 0 radical (unpaired) electrons. The Balaban J connectivity index is 1.49. The standard InChI is InChI=1S/C35H33N/c1-34(2,3)36(27-20-21-31-30-17-8-9-19-32(30)35(4,5)33(31)23-27)26-15-10-14-25(22-26)29-18-11-13-24-12-6-7-16-28(24)29/h6-23H,1-5H3. The van der Waals surface area contributed by atoms with Gasteiger partial charge in [-0.3, -0.25) is 0 Å². The van der Waals surface area contributed by atoms with E-state index < -0.39 is 0 Å². The largest absolute Gasteiger partial charge is 0.336 e. The van der Waals surface area contributed by atoms with Gasteiger partial charge in [0.15, 0.2) is 0 Å². The molecule has 36 heavy (non-hydrogen) atoms. The second-order valence-electron chi connectivity index (χ2n) is 11.5. The molecule has 1 nitrogen and oxygen atoms in total. The Morgan fingerprint density at radius 1 is 0.556 bits per heavy atom. The number of rotatable bonds is 3. The first-order valence-corrected chi connectivity index (χ1v) is 12.9. The van der Waals surface area contributed by atoms with Crippen molar-refractivity contribution in [2.75, 3.05) is 4.90 Å². The van der Waals surface area contributed by atoms with Gasteiger partial charge < -0.3 is 4.90 Å². The van der Waals surface area contributed by atoms with E-state index in [1.165, 1.54) is 55.5 Å². The van der Waals surface area contributed by atoms with Crippen molar-refractivity contribution < 1.29 is 0 Å². The van der Waals surface area contributed by atoms with Gasteiger partial charge in [0.05, 0.1) is 0 Å². The molecule has 0 saturated carbocycles. The SMILES string of the molecule is CC1(C)c2ccccc2-c2ccc(N(c3cccc(-c4cccc5ccccc45)c3)C(C)(C)C)cc21. The number of hydrogen-bond acceptors (Lipinski definition) is 1. The number of benzene rings is 5. The molecule has 6 rings (SSSR count). The van der Waals surface area contributed by atoms with Crippen LogP contribution >= 0.6 is 0 Å². The monoisotopic (exact) mass is 467 g/mol. The van der Waals surface area contributed by atoms with Gasteiger partial charge in [0.1, 0.15) is 0 Å². The fourth-order valence-electron chi connectivity index (χ4n) is 6.04. The molecule has 0 heterocycles. The van der Waals surface area contributed by atoms with Crippen molar-refractivity contribution in [3.63, 3.8) is 0 Å². The summed E-state index contributed by atoms with van der Waals surface area (Å²) >= 11 is 0. The van der Waals surface area contributed by atoms with Crippen LogP contribution in [0.25, 0.3) is 33.0 Å². The summed E-state index contributed by atoms with van der Waals surface area (Å²) in [5, 5.41) is 2.56. The van der Waals surface area contributed by atoms with Gasteiger partial charge in [-0.25, -0.2) is 0 Å². The van der Waals surface area contributed by atoms with Gasteiger partial charge in [0.2, 0.25) is 0 Å². The third-order valence-corrected chi connectivity index (χ3v) is 7.70. The molecule has 1 aliphatic rings. The van der Waals surface area contributed by atoms with Gasteiger partial charge >= 0.3 is 0 Å². The normalized spacial score (nSPS) is 13.9. The summed E-state index contributed by atoms with van der Waals surface area (Å²) in [4.78, 5) is 2.49. The fourth-order valence-corrected chi connectivity index (χ4v) is 6.04. The Kier molecular flexibility index (Phi) is 5.09. The minimum absolute atomic E-state index is 0.0176. The lowest BCUT2D eigenvalue weighted by atomic mass is 9.82. The molecule has 0 unspecified atom stereocenters. The van der Waals surface area contributed by atoms with Crippen LogP contribution in [0.15, 0.2) is 109 Å². The van der Waals surface area contributed by atoms with Crippen molar-refractivity contribution in [3.05, 3.63) is 120 Å². The number of nitrogens with zero attached hydrogens (tertiary/aromatic N) is 1. The average molecular weight is 468 g/mol. The summed E-state index contributed by atoms with van der Waals surface area (Å²) in [5.74, 6) is 0. The molecule has 0 aromatic heterocycles. The van der Waals surface area contributed by atoms with Gasteiger partial charge in [-0.1, -0.05) is 98.8 Å². The van der Waals surface area contributed by atoms with E-state index in [-0.39, 0.29) is 11.0 Å². The topological polar surface area (TPSA) is 3.24 Å². The summed E-state index contributed by atoms with van der Waals surface area (Å²) < 4.78 is 0. The summed E-state index contributed by atoms with van der Waals surface area (Å²) in [6, 6.07) is 40.1. The first kappa shape index (κ1) is 22.6. The van der Waals surface area contributed by atoms with Gasteiger partial charge in [0, 0.05) is 22.3 Å². The van der Waals surface area contributed by atoms with E-state index in [2.05, 4.69) is 149 Å². The Bertz CT molecular complexity index is 1590. The lowest BCUT2D eigenvalue weighted by Gasteiger charge is -2.39. The molecular weight excluding hydrogens is 434 g/mol. The molecule has 0 aliphatic heterocycles. The van der Waals surface area contributed by atoms with Crippen molar-refractivity contribution in [1.29, 1.82) is 0 Å². The predicted octanol–water partition coefficient (Wildman–Crippen LogP) is 9.75. The summed E-state index contributed by atoms with van der Waals surface area (Å²) in [7, 11) is 0. The van der Waals surface area contributed by atoms with Gasteiger partial charge in [0.25, 0.3) is 0 Å². The van der Waals surface area contributed by atoms with Crippen LogP contribution < -0.4 is 4.90 Å². The first-order valence-electron chi connectivity index (χ1n) is 12.9. The molecule has 1 heteroatoms. The quantitative estimate of drug-likeness (QED) is 0.255. The smallest absolute Gasteiger partial charge is 0.0422 e. The zero-order chi connectivity index (χ0) is 25.1. The molecule has 0 amide bonds. The first-order chi connectivity index (χ1) is 17.2. The molecular formula is C35H33N. The summed E-state index contributed by atoms with van der Waals surface area (Å²) in [5.41, 5.74) is 10.4. The minimum atomic E-state index is -0.0960. The molecule has 0 bridgehead atoms. The van der Waals surface area contributed by atoms with E-state index in [4.69, 9.17) is 0 Å². The molecule has 0 atom stereocenters. The predicted molar refractivity (Wildman–Crippen MR) is 155 cm³/mol. The lowest BCUT2D eigenvalue weighted by molar-refractivity contribution is 0.559. The van der Waals surface area contributed by atoms with Crippen LogP contribution in [-0.2, 0) is 5.41 Å². The lowest BCUT2D eigenvalue weighted by Crippen LogP contribution is -2.37. The molecule has 5 aromatic rings. The highest BCUT2D eigenvalue weighted by Gasteiger charge is 2.36. The van der Waals surface area contributed by atoms with Crippen LogP contribution in [0.5, 0.6) is 0 Å². The van der Waals surface area contributed by atoms with Crippen molar-refractivity contribution in [2.24, 2.45) is 0 Å². The molecule has 0 spiro atoms. The maximum atomic E-state index is 2.49. The van der Waals surface area contributed by atoms with E-state index in [0.717, 1.165) is 0 Å². The van der Waals surface area contributed by atoms with Crippen molar-refractivity contribution in [3.8, 4) is 22.3 Å². The molecule has 178 valence electrons. The Labute approximate surface area is 215 Å². The highest BCUT2D eigenvalue weighted by atomic mass is 15.2. The van der Waals surface area contributed by atoms with Gasteiger partial charge in [-0.2, -0.15) is 0 Å². The van der Waals surface area contributed by atoms with Crippen molar-refractivity contribution >= 4 is 22.1 Å². The molecule has 1 aliphatic carbocycles. The average Bonchev–Trinajstić information content (AvgIpc) is 3.10. The number of anilines is 2. The second kappa shape index (κ2) is 8.10. The highest BCUT2D eigenvalue weighted by molar-refractivity contribution is 5.97. The minimum Gasteiger partial charge on any atom is -0.336 e. The van der Waals surface area contributed by atoms with Crippen LogP contribution in [0, 0.1) is 0 Å². The fraction of sp³-hybridized carbons (Fsp3) is 0.200. The van der Waals surface area contributed by atoms with Crippen LogP contribution in [0.2, 0.25) is 0 Å². The molecule has 0 N–H and O–H groups in total. The van der Waals surface area contributed by atoms with Gasteiger partial charge in [-0.05, 0) is 89.2 Å². The summed E-state index contributed by atoms with van der Waals surface area (Å²) in [6.45, 7) is 11.6. The van der Waals surface area contributed by atoms with Crippen molar-refractivity contribution in [2.45, 2.75) is 45.6 Å². The zero-order valence-electron chi connectivity index (χ0n) is 21.8. The second-order valence-corrected chi connectivity index (χ2v) is 11.5. The molecule has 0 fully saturated rings. The van der Waals surface area contributed by atoms with E-state index in [1.54, 1.807) is 0 Å². The maximum absolute atomic E-state index is 2.49. The van der Waals surface area contributed by atoms with Gasteiger partial charge in [-0.15, -0.1) is 0 Å². The van der Waals surface area contributed by atoms with E-state index in [0.29, 0.717) is 0 Å². The molecule has 5 aromatic carbocycles. The van der Waals surface area contributed by atoms with Crippen LogP contribution in [0.3, 0.4) is 0 Å². The maximum Gasteiger partial charge on any atom is 0.0422 e. The number of hydrogen-bond donors (Lipinski definition) is 0.